The van der Waals surface area contributed by atoms with Gasteiger partial charge in [0.1, 0.15) is 153 Å². The molecule has 7 fully saturated rings. The molecule has 0 aromatic rings. The van der Waals surface area contributed by atoms with Gasteiger partial charge in [-0.05, 0) is 130 Å². The highest BCUT2D eigenvalue weighted by atomic mass is 16.8. The summed E-state index contributed by atoms with van der Waals surface area (Å²) in [4.78, 5) is 13.7. The van der Waals surface area contributed by atoms with Crippen LogP contribution >= 0.6 is 0 Å². The fourth-order valence-corrected chi connectivity index (χ4v) is 15.8. The molecule has 22 N–H and O–H groups in total. The molecule has 7 saturated heterocycles. The van der Waals surface area contributed by atoms with Gasteiger partial charge in [0.15, 0.2) is 50.1 Å². The van der Waals surface area contributed by atoms with Gasteiger partial charge >= 0.3 is 5.97 Å². The predicted molar refractivity (Wildman–Crippen MR) is 422 cm³/mol. The van der Waals surface area contributed by atoms with E-state index in [1.165, 1.54) is 32.9 Å². The standard InChI is InChI=1S/C83H142O38/c1-14-82(12,120-80-72(64(100)57(93)50(34-86)113-80)118-76-66(102)60(96)55(91)48(32-84)111-76)28-19-25-39(4)20-16-23-40(5)30-47(88)31-44(9)74(106)116-71-63(99)53(89)45(10)110-79(71)108-37-52-59(95)62(98)68(104)78(115-52)117-70-54(90)46(11)109-75(69(70)105)107-36-41(6)24-17-21-38(3)22-18-26-42(7)43(8)27-29-83(13,15-2)121-81-73(65(101)58(94)51(35-87)114-81)119-77-67(103)61(97)56(92)49(33-85)112-77/h14-15,23,25,31,38,41-43,45-73,75-81,84-105H,1-2,16-22,24,26-30,32-37H2,3-13H3/b39-25+,40-23+,44-31+. The molecule has 42 unspecified atom stereocenters. The lowest BCUT2D eigenvalue weighted by molar-refractivity contribution is -0.375. The van der Waals surface area contributed by atoms with E-state index < -0.39 is 271 Å². The van der Waals surface area contributed by atoms with Crippen LogP contribution in [0.2, 0.25) is 0 Å². The monoisotopic (exact) mass is 1750 g/mol. The van der Waals surface area contributed by atoms with Crippen molar-refractivity contribution in [3.8, 4) is 0 Å². The maximum absolute atomic E-state index is 13.7. The second-order valence-electron chi connectivity index (χ2n) is 34.7. The van der Waals surface area contributed by atoms with Crippen LogP contribution in [0.5, 0.6) is 0 Å². The number of esters is 1. The normalized spacial score (nSPS) is 41.5. The van der Waals surface area contributed by atoms with Crippen molar-refractivity contribution >= 4 is 5.97 Å². The maximum Gasteiger partial charge on any atom is 0.334 e. The molecule has 0 radical (unpaired) electrons. The van der Waals surface area contributed by atoms with Gasteiger partial charge in [0.05, 0.1) is 69.2 Å². The average molecular weight is 1750 g/mol. The highest BCUT2D eigenvalue weighted by Crippen LogP contribution is 2.39. The Hall–Kier alpha value is -3.27. The summed E-state index contributed by atoms with van der Waals surface area (Å²) in [5, 5.41) is 235. The predicted octanol–water partition coefficient (Wildman–Crippen LogP) is -2.96. The lowest BCUT2D eigenvalue weighted by Crippen LogP contribution is -2.65. The van der Waals surface area contributed by atoms with Crippen molar-refractivity contribution in [3.63, 3.8) is 0 Å². The Kier molecular flexibility index (Phi) is 41.9. The lowest BCUT2D eigenvalue weighted by atomic mass is 9.83. The smallest absolute Gasteiger partial charge is 0.334 e. The molecule has 7 aliphatic heterocycles. The van der Waals surface area contributed by atoms with Gasteiger partial charge in [-0.25, -0.2) is 4.79 Å². The molecule has 0 aliphatic carbocycles. The van der Waals surface area contributed by atoms with E-state index in [1.54, 1.807) is 26.8 Å². The quantitative estimate of drug-likeness (QED) is 0.0165. The van der Waals surface area contributed by atoms with Crippen LogP contribution in [0.1, 0.15) is 160 Å². The topological polar surface area (TPSA) is 601 Å². The van der Waals surface area contributed by atoms with Crippen molar-refractivity contribution in [2.45, 2.75) is 392 Å². The zero-order chi connectivity index (χ0) is 90.0. The molecule has 7 aliphatic rings. The zero-order valence-corrected chi connectivity index (χ0v) is 71.2. The van der Waals surface area contributed by atoms with Crippen LogP contribution in [0.3, 0.4) is 0 Å². The number of carbonyl (C=O) groups is 1. The fourth-order valence-electron chi connectivity index (χ4n) is 15.8. The largest absolute Gasteiger partial charge is 0.451 e. The highest BCUT2D eigenvalue weighted by Gasteiger charge is 2.57. The molecule has 38 heteroatoms. The van der Waals surface area contributed by atoms with E-state index in [9.17, 15) is 117 Å². The Morgan fingerprint density at radius 3 is 1.31 bits per heavy atom. The summed E-state index contributed by atoms with van der Waals surface area (Å²) in [5.74, 6) is -0.120. The van der Waals surface area contributed by atoms with Crippen molar-refractivity contribution in [3.05, 3.63) is 60.3 Å². The number of aliphatic hydroxyl groups excluding tert-OH is 22. The summed E-state index contributed by atoms with van der Waals surface area (Å²) in [6, 6.07) is 0. The summed E-state index contributed by atoms with van der Waals surface area (Å²) >= 11 is 0. The molecular formula is C83H142O38. The van der Waals surface area contributed by atoms with Gasteiger partial charge in [0.25, 0.3) is 0 Å². The van der Waals surface area contributed by atoms with E-state index in [2.05, 4.69) is 33.9 Å². The van der Waals surface area contributed by atoms with Gasteiger partial charge in [-0.2, -0.15) is 0 Å². The molecule has 702 valence electrons. The minimum atomic E-state index is -1.95. The third-order valence-electron chi connectivity index (χ3n) is 24.6. The molecule has 121 heavy (non-hydrogen) atoms. The van der Waals surface area contributed by atoms with Gasteiger partial charge < -0.3 is 183 Å². The number of allylic oxidation sites excluding steroid dienone is 3. The average Bonchev–Trinajstić information content (AvgIpc) is 0.794. The summed E-state index contributed by atoms with van der Waals surface area (Å²) < 4.78 is 88.4. The Morgan fingerprint density at radius 2 is 0.818 bits per heavy atom. The van der Waals surface area contributed by atoms with E-state index >= 15 is 0 Å². The van der Waals surface area contributed by atoms with Crippen molar-refractivity contribution < 1.29 is 188 Å². The van der Waals surface area contributed by atoms with E-state index in [4.69, 9.17) is 71.1 Å². The number of aliphatic hydroxyl groups is 22. The summed E-state index contributed by atoms with van der Waals surface area (Å²) in [7, 11) is 0. The summed E-state index contributed by atoms with van der Waals surface area (Å²) in [6.07, 6.45) is -40.7. The van der Waals surface area contributed by atoms with Crippen LogP contribution in [0.4, 0.5) is 0 Å². The number of rotatable bonds is 45. The summed E-state index contributed by atoms with van der Waals surface area (Å²) in [6.45, 7) is 24.4. The van der Waals surface area contributed by atoms with Gasteiger partial charge in [0.2, 0.25) is 0 Å². The van der Waals surface area contributed by atoms with Crippen LogP contribution in [0, 0.1) is 23.7 Å². The van der Waals surface area contributed by atoms with E-state index in [0.717, 1.165) is 49.7 Å². The van der Waals surface area contributed by atoms with Crippen LogP contribution in [-0.4, -0.2) is 390 Å². The molecule has 0 amide bonds. The maximum atomic E-state index is 13.7. The van der Waals surface area contributed by atoms with Crippen LogP contribution in [-0.2, 0) is 75.8 Å². The Bertz CT molecular complexity index is 3170. The van der Waals surface area contributed by atoms with Gasteiger partial charge in [-0.1, -0.05) is 95.2 Å². The van der Waals surface area contributed by atoms with Crippen LogP contribution < -0.4 is 0 Å². The van der Waals surface area contributed by atoms with Crippen molar-refractivity contribution in [1.29, 1.82) is 0 Å². The first-order valence-corrected chi connectivity index (χ1v) is 42.3. The Balaban J connectivity index is 0.826. The SMILES string of the molecule is C=CC(C)(CC/C=C(\C)CC/C=C(\C)CC(O)/C=C(\C)C(=O)OC1C(OCC2OC(OC3C(O)C(C)OC(OCC(C)CCCC(C)CCCC(C)C(C)CCC(C)(C=C)OC4OC(CO)C(O)C(O)C4OC4OC(CO)C(O)C(O)C4O)C3O)C(O)C(O)C2O)OC(C)C(O)C1O)OC1OC(CO)C(O)C(O)C1OC1OC(CO)C(O)C(O)C1O. The van der Waals surface area contributed by atoms with Gasteiger partial charge in [0, 0.05) is 5.57 Å². The van der Waals surface area contributed by atoms with E-state index in [1.807, 2.05) is 26.0 Å². The first-order chi connectivity index (χ1) is 57.0. The van der Waals surface area contributed by atoms with Crippen LogP contribution in [0.15, 0.2) is 60.3 Å². The van der Waals surface area contributed by atoms with Crippen molar-refractivity contribution in [2.75, 3.05) is 39.6 Å². The minimum Gasteiger partial charge on any atom is -0.451 e. The molecule has 0 spiro atoms. The van der Waals surface area contributed by atoms with Gasteiger partial charge in [-0.3, -0.25) is 0 Å². The zero-order valence-electron chi connectivity index (χ0n) is 71.2. The third-order valence-corrected chi connectivity index (χ3v) is 24.6. The highest BCUT2D eigenvalue weighted by molar-refractivity contribution is 5.88. The van der Waals surface area contributed by atoms with E-state index in [-0.39, 0.29) is 30.4 Å². The number of hydrogen-bond acceptors (Lipinski definition) is 38. The van der Waals surface area contributed by atoms with Crippen LogP contribution in [0.25, 0.3) is 0 Å². The van der Waals surface area contributed by atoms with E-state index in [0.29, 0.717) is 50.4 Å². The molecular weight excluding hydrogens is 1600 g/mol. The lowest BCUT2D eigenvalue weighted by Gasteiger charge is -2.47. The molecule has 42 atom stereocenters. The molecule has 0 aromatic carbocycles. The molecule has 7 heterocycles. The molecule has 0 bridgehead atoms. The second-order valence-corrected chi connectivity index (χ2v) is 34.7. The minimum absolute atomic E-state index is 0.00726. The first-order valence-electron chi connectivity index (χ1n) is 42.3. The van der Waals surface area contributed by atoms with Crippen molar-refractivity contribution in [1.82, 2.24) is 0 Å². The fraction of sp³-hybridized carbons (Fsp3) is 0.867. The number of hydrogen-bond donors (Lipinski definition) is 22. The van der Waals surface area contributed by atoms with Crippen molar-refractivity contribution in [2.24, 2.45) is 23.7 Å². The third kappa shape index (κ3) is 28.1. The Labute approximate surface area is 707 Å². The first kappa shape index (κ1) is 105. The molecule has 7 rings (SSSR count). The second kappa shape index (κ2) is 48.4. The summed E-state index contributed by atoms with van der Waals surface area (Å²) in [5.41, 5.74) is -0.614. The molecule has 0 saturated carbocycles. The molecule has 38 nitrogen and oxygen atoms in total. The number of carbonyl (C=O) groups excluding carboxylic acids is 1. The number of ether oxygens (including phenoxy) is 15. The van der Waals surface area contributed by atoms with Gasteiger partial charge in [-0.15, -0.1) is 13.2 Å². The molecule has 0 aromatic heterocycles. The Morgan fingerprint density at radius 1 is 0.413 bits per heavy atom.